The summed E-state index contributed by atoms with van der Waals surface area (Å²) in [7, 11) is 0. The summed E-state index contributed by atoms with van der Waals surface area (Å²) < 4.78 is 4.50. The molecule has 5 heavy (non-hydrogen) atoms. The molecule has 1 nitrogen and oxygen atoms in total. The minimum atomic E-state index is 0.273. The van der Waals surface area contributed by atoms with Gasteiger partial charge in [0.05, 0.1) is 0 Å². The molecule has 0 aromatic carbocycles. The Balaban J connectivity index is 2.54. The Morgan fingerprint density at radius 1 is 1.60 bits per heavy atom. The minimum absolute atomic E-state index is 0.273. The third-order valence-electron chi connectivity index (χ3n) is 0.167. The molecule has 0 spiro atoms. The van der Waals surface area contributed by atoms with Crippen LogP contribution in [0.25, 0.3) is 0 Å². The first-order valence-corrected chi connectivity index (χ1v) is 1.99. The van der Waals surface area contributed by atoms with Crippen molar-refractivity contribution in [1.29, 1.82) is 0 Å². The van der Waals surface area contributed by atoms with Crippen molar-refractivity contribution in [1.82, 2.24) is 0 Å². The van der Waals surface area contributed by atoms with E-state index in [2.05, 4.69) is 20.2 Å². The fraction of sp³-hybridized carbons (Fsp3) is 1.00. The van der Waals surface area contributed by atoms with E-state index < -0.39 is 0 Å². The van der Waals surface area contributed by atoms with E-state index in [1.54, 1.807) is 0 Å². The van der Waals surface area contributed by atoms with Gasteiger partial charge in [0, 0.05) is 0 Å². The van der Waals surface area contributed by atoms with Crippen LogP contribution in [-0.4, -0.2) is 6.10 Å². The van der Waals surface area contributed by atoms with Gasteiger partial charge in [0.2, 0.25) is 0 Å². The predicted molar refractivity (Wildman–Crippen MR) is 16.2 cm³/mol. The van der Waals surface area contributed by atoms with Crippen LogP contribution in [0.1, 0.15) is 13.8 Å². The average molecular weight is 115 g/mol. The molecule has 0 aliphatic carbocycles. The van der Waals surface area contributed by atoms with Crippen LogP contribution in [0.5, 0.6) is 0 Å². The number of hydrogen-bond donors (Lipinski definition) is 0. The van der Waals surface area contributed by atoms with Gasteiger partial charge in [-0.1, -0.05) is 0 Å². The van der Waals surface area contributed by atoms with Gasteiger partial charge in [0.15, 0.2) is 0 Å². The first-order chi connectivity index (χ1) is 2.27. The Hall–Kier alpha value is 0.479. The Kier molecular flexibility index (Phi) is 2.96. The molecule has 0 saturated carbocycles. The SMILES string of the molecule is CC(C)[O][Fe]. The van der Waals surface area contributed by atoms with Gasteiger partial charge in [-0.25, -0.2) is 0 Å². The van der Waals surface area contributed by atoms with Crippen molar-refractivity contribution < 1.29 is 20.2 Å². The molecule has 0 radical (unpaired) electrons. The van der Waals surface area contributed by atoms with Crippen LogP contribution in [0, 0.1) is 0 Å². The van der Waals surface area contributed by atoms with E-state index in [1.807, 2.05) is 13.8 Å². The zero-order chi connectivity index (χ0) is 4.28. The molecular weight excluding hydrogens is 108 g/mol. The van der Waals surface area contributed by atoms with Crippen molar-refractivity contribution in [2.24, 2.45) is 0 Å². The zero-order valence-electron chi connectivity index (χ0n) is 3.34. The van der Waals surface area contributed by atoms with Gasteiger partial charge >= 0.3 is 40.1 Å². The van der Waals surface area contributed by atoms with Gasteiger partial charge in [0.25, 0.3) is 0 Å². The van der Waals surface area contributed by atoms with E-state index in [0.717, 1.165) is 0 Å². The molecule has 2 heteroatoms. The summed E-state index contributed by atoms with van der Waals surface area (Å²) in [5, 5.41) is 0. The molecule has 0 aromatic heterocycles. The van der Waals surface area contributed by atoms with Crippen LogP contribution in [-0.2, 0) is 20.2 Å². The first-order valence-electron chi connectivity index (χ1n) is 1.53. The third kappa shape index (κ3) is 4.48. The average Bonchev–Trinajstić information content (AvgIpc) is 1.38. The molecule has 0 rings (SSSR count). The van der Waals surface area contributed by atoms with Crippen molar-refractivity contribution in [3.63, 3.8) is 0 Å². The summed E-state index contributed by atoms with van der Waals surface area (Å²) >= 11 is 3.19. The molecule has 0 fully saturated rings. The monoisotopic (exact) mass is 115 g/mol. The van der Waals surface area contributed by atoms with Crippen LogP contribution in [0.15, 0.2) is 0 Å². The fourth-order valence-corrected chi connectivity index (χ4v) is 0. The van der Waals surface area contributed by atoms with Crippen molar-refractivity contribution in [2.45, 2.75) is 20.0 Å². The Morgan fingerprint density at radius 2 is 1.80 bits per heavy atom. The standard InChI is InChI=1S/C3H7O.Fe/c1-3(2)4;/h3H,1-2H3;/q-1;+1. The zero-order valence-corrected chi connectivity index (χ0v) is 4.44. The molecular formula is C3H7FeO. The maximum absolute atomic E-state index is 4.50. The molecule has 0 unspecified atom stereocenters. The Labute approximate surface area is 40.8 Å². The van der Waals surface area contributed by atoms with E-state index in [9.17, 15) is 0 Å². The summed E-state index contributed by atoms with van der Waals surface area (Å²) in [5.41, 5.74) is 0. The van der Waals surface area contributed by atoms with E-state index in [4.69, 9.17) is 0 Å². The summed E-state index contributed by atoms with van der Waals surface area (Å²) in [6, 6.07) is 0. The van der Waals surface area contributed by atoms with Gasteiger partial charge in [-0.05, 0) is 0 Å². The molecule has 0 heterocycles. The topological polar surface area (TPSA) is 9.23 Å². The van der Waals surface area contributed by atoms with Crippen molar-refractivity contribution in [2.75, 3.05) is 0 Å². The molecule has 0 amide bonds. The van der Waals surface area contributed by atoms with Crippen molar-refractivity contribution in [3.05, 3.63) is 0 Å². The van der Waals surface area contributed by atoms with Gasteiger partial charge in [-0.3, -0.25) is 0 Å². The molecule has 0 bridgehead atoms. The molecule has 0 aliphatic rings. The maximum atomic E-state index is 4.50. The van der Waals surface area contributed by atoms with Gasteiger partial charge in [-0.15, -0.1) is 0 Å². The van der Waals surface area contributed by atoms with Crippen molar-refractivity contribution >= 4 is 0 Å². The Bertz CT molecular complexity index is 20.9. The second-order valence-electron chi connectivity index (χ2n) is 1.13. The van der Waals surface area contributed by atoms with Crippen LogP contribution < -0.4 is 0 Å². The summed E-state index contributed by atoms with van der Waals surface area (Å²) in [4.78, 5) is 0. The Morgan fingerprint density at radius 3 is 1.80 bits per heavy atom. The molecule has 0 saturated heterocycles. The van der Waals surface area contributed by atoms with Gasteiger partial charge in [0.1, 0.15) is 0 Å². The molecule has 0 N–H and O–H groups in total. The quantitative estimate of drug-likeness (QED) is 0.460. The van der Waals surface area contributed by atoms with Crippen LogP contribution in [0.3, 0.4) is 0 Å². The van der Waals surface area contributed by atoms with Crippen LogP contribution >= 0.6 is 0 Å². The molecule has 0 aliphatic heterocycles. The van der Waals surface area contributed by atoms with E-state index >= 15 is 0 Å². The molecule has 0 atom stereocenters. The summed E-state index contributed by atoms with van der Waals surface area (Å²) in [6.45, 7) is 3.88. The van der Waals surface area contributed by atoms with E-state index in [0.29, 0.717) is 0 Å². The molecule has 0 aromatic rings. The van der Waals surface area contributed by atoms with Gasteiger partial charge < -0.3 is 0 Å². The first kappa shape index (κ1) is 5.48. The second kappa shape index (κ2) is 2.70. The van der Waals surface area contributed by atoms with E-state index in [1.165, 1.54) is 0 Å². The van der Waals surface area contributed by atoms with Crippen LogP contribution in [0.2, 0.25) is 0 Å². The summed E-state index contributed by atoms with van der Waals surface area (Å²) in [5.74, 6) is 0. The predicted octanol–water partition coefficient (Wildman–Crippen LogP) is 0.873. The second-order valence-corrected chi connectivity index (χ2v) is 1.39. The normalized spacial score (nSPS) is 9.60. The van der Waals surface area contributed by atoms with Gasteiger partial charge in [-0.2, -0.15) is 0 Å². The number of hydrogen-bond acceptors (Lipinski definition) is 1. The molecule has 33 valence electrons. The van der Waals surface area contributed by atoms with Crippen molar-refractivity contribution in [3.8, 4) is 0 Å². The fourth-order valence-electron chi connectivity index (χ4n) is 0. The van der Waals surface area contributed by atoms with E-state index in [-0.39, 0.29) is 6.10 Å². The summed E-state index contributed by atoms with van der Waals surface area (Å²) in [6.07, 6.45) is 0.273. The third-order valence-corrected chi connectivity index (χ3v) is 0.687. The van der Waals surface area contributed by atoms with Crippen LogP contribution in [0.4, 0.5) is 0 Å². The number of rotatable bonds is 1.